The van der Waals surface area contributed by atoms with Crippen LogP contribution in [-0.4, -0.2) is 27.0 Å². The summed E-state index contributed by atoms with van der Waals surface area (Å²) in [5, 5.41) is 9.71. The van der Waals surface area contributed by atoms with Crippen molar-refractivity contribution in [1.82, 2.24) is 0 Å². The molecule has 0 saturated heterocycles. The fourth-order valence-electron chi connectivity index (χ4n) is 0.321. The van der Waals surface area contributed by atoms with Crippen molar-refractivity contribution in [3.05, 3.63) is 0 Å². The summed E-state index contributed by atoms with van der Waals surface area (Å²) in [6, 6.07) is 0. The molecule has 0 aromatic rings. The van der Waals surface area contributed by atoms with Crippen LogP contribution in [0.4, 0.5) is 0 Å². The normalized spacial score (nSPS) is 10.4. The molecule has 3 nitrogen and oxygen atoms in total. The molecule has 9 heavy (non-hydrogen) atoms. The van der Waals surface area contributed by atoms with Gasteiger partial charge >= 0.3 is 29.6 Å². The van der Waals surface area contributed by atoms with Gasteiger partial charge in [0.1, 0.15) is 9.84 Å². The SMILES string of the molecule is CS(=O)(=O)CCC[O-].[Na+]. The first kappa shape index (κ1) is 12.6. The van der Waals surface area contributed by atoms with Crippen molar-refractivity contribution in [2.45, 2.75) is 6.42 Å². The molecule has 0 aliphatic heterocycles. The van der Waals surface area contributed by atoms with Crippen molar-refractivity contribution < 1.29 is 43.1 Å². The van der Waals surface area contributed by atoms with Crippen LogP contribution in [0.3, 0.4) is 0 Å². The first-order valence-corrected chi connectivity index (χ1v) is 4.38. The second-order valence-corrected chi connectivity index (χ2v) is 3.95. The van der Waals surface area contributed by atoms with Crippen molar-refractivity contribution in [1.29, 1.82) is 0 Å². The Hall–Kier alpha value is 0.910. The van der Waals surface area contributed by atoms with Crippen molar-refractivity contribution in [3.63, 3.8) is 0 Å². The molecule has 0 rings (SSSR count). The van der Waals surface area contributed by atoms with E-state index in [0.29, 0.717) is 0 Å². The van der Waals surface area contributed by atoms with E-state index in [1.54, 1.807) is 0 Å². The predicted octanol–water partition coefficient (Wildman–Crippen LogP) is -4.21. The second-order valence-electron chi connectivity index (χ2n) is 1.69. The molecule has 0 aliphatic rings. The maximum atomic E-state index is 10.3. The zero-order valence-electron chi connectivity index (χ0n) is 5.75. The minimum absolute atomic E-state index is 0. The largest absolute Gasteiger partial charge is 1.00 e. The van der Waals surface area contributed by atoms with Gasteiger partial charge in [-0.25, -0.2) is 8.42 Å². The summed E-state index contributed by atoms with van der Waals surface area (Å²) in [5.74, 6) is 0.0243. The van der Waals surface area contributed by atoms with Crippen LogP contribution in [-0.2, 0) is 9.84 Å². The monoisotopic (exact) mass is 160 g/mol. The number of sulfone groups is 1. The predicted molar refractivity (Wildman–Crippen MR) is 29.2 cm³/mol. The Morgan fingerprint density at radius 1 is 1.44 bits per heavy atom. The van der Waals surface area contributed by atoms with E-state index in [-0.39, 0.29) is 48.3 Å². The summed E-state index contributed by atoms with van der Waals surface area (Å²) in [6.07, 6.45) is 1.36. The van der Waals surface area contributed by atoms with E-state index >= 15 is 0 Å². The fraction of sp³-hybridized carbons (Fsp3) is 1.00. The van der Waals surface area contributed by atoms with Gasteiger partial charge in [-0.1, -0.05) is 6.42 Å². The van der Waals surface area contributed by atoms with Gasteiger partial charge in [0, 0.05) is 12.0 Å². The molecule has 0 fully saturated rings. The van der Waals surface area contributed by atoms with Crippen molar-refractivity contribution in [2.75, 3.05) is 18.6 Å². The van der Waals surface area contributed by atoms with Crippen LogP contribution in [0, 0.1) is 0 Å². The quantitative estimate of drug-likeness (QED) is 0.393. The third-order valence-corrected chi connectivity index (χ3v) is 1.69. The standard InChI is InChI=1S/C4H9O3S.Na/c1-8(6,7)4-2-3-5;/h2-4H2,1H3;/q-1;+1. The van der Waals surface area contributed by atoms with Crippen LogP contribution in [0.25, 0.3) is 0 Å². The van der Waals surface area contributed by atoms with Crippen LogP contribution in [0.1, 0.15) is 6.42 Å². The molecule has 5 heteroatoms. The van der Waals surface area contributed by atoms with E-state index < -0.39 is 9.84 Å². The van der Waals surface area contributed by atoms with Gasteiger partial charge in [0.05, 0.1) is 0 Å². The minimum atomic E-state index is -2.89. The maximum Gasteiger partial charge on any atom is 1.00 e. The van der Waals surface area contributed by atoms with Crippen LogP contribution in [0.2, 0.25) is 0 Å². The number of rotatable bonds is 3. The molecule has 50 valence electrons. The van der Waals surface area contributed by atoms with Crippen LogP contribution >= 0.6 is 0 Å². The van der Waals surface area contributed by atoms with E-state index in [4.69, 9.17) is 0 Å². The van der Waals surface area contributed by atoms with E-state index in [9.17, 15) is 13.5 Å². The topological polar surface area (TPSA) is 57.2 Å². The molecular weight excluding hydrogens is 151 g/mol. The molecule has 0 heterocycles. The molecule has 0 saturated carbocycles. The molecule has 0 radical (unpaired) electrons. The summed E-state index contributed by atoms with van der Waals surface area (Å²) in [4.78, 5) is 0. The first-order valence-electron chi connectivity index (χ1n) is 2.32. The molecule has 0 aliphatic carbocycles. The minimum Gasteiger partial charge on any atom is -0.854 e. The molecule has 0 unspecified atom stereocenters. The van der Waals surface area contributed by atoms with E-state index in [2.05, 4.69) is 0 Å². The van der Waals surface area contributed by atoms with Gasteiger partial charge in [0.2, 0.25) is 0 Å². The van der Waals surface area contributed by atoms with Crippen molar-refractivity contribution in [2.24, 2.45) is 0 Å². The van der Waals surface area contributed by atoms with Gasteiger partial charge in [-0.05, 0) is 0 Å². The Morgan fingerprint density at radius 3 is 2.00 bits per heavy atom. The van der Waals surface area contributed by atoms with Crippen LogP contribution < -0.4 is 34.7 Å². The molecule has 0 N–H and O–H groups in total. The molecule has 0 amide bonds. The summed E-state index contributed by atoms with van der Waals surface area (Å²) in [5.41, 5.74) is 0. The summed E-state index contributed by atoms with van der Waals surface area (Å²) in [7, 11) is -2.89. The zero-order valence-corrected chi connectivity index (χ0v) is 8.57. The van der Waals surface area contributed by atoms with Crippen LogP contribution in [0.5, 0.6) is 0 Å². The number of hydrogen-bond acceptors (Lipinski definition) is 3. The molecular formula is C4H9NaO3S. The van der Waals surface area contributed by atoms with Crippen molar-refractivity contribution >= 4 is 9.84 Å². The Morgan fingerprint density at radius 2 is 1.89 bits per heavy atom. The number of hydrogen-bond donors (Lipinski definition) is 0. The molecule has 0 spiro atoms. The Kier molecular flexibility index (Phi) is 7.93. The molecule has 0 aromatic carbocycles. The van der Waals surface area contributed by atoms with Gasteiger partial charge < -0.3 is 5.11 Å². The molecule has 0 atom stereocenters. The average Bonchev–Trinajstić information content (AvgIpc) is 1.59. The van der Waals surface area contributed by atoms with E-state index in [1.165, 1.54) is 0 Å². The third-order valence-electron chi connectivity index (χ3n) is 0.659. The molecule has 0 bridgehead atoms. The summed E-state index contributed by atoms with van der Waals surface area (Å²) in [6.45, 7) is -0.299. The van der Waals surface area contributed by atoms with Gasteiger partial charge in [-0.2, -0.15) is 0 Å². The Bertz CT molecular complexity index is 140. The van der Waals surface area contributed by atoms with Crippen molar-refractivity contribution in [3.8, 4) is 0 Å². The summed E-state index contributed by atoms with van der Waals surface area (Å²) >= 11 is 0. The van der Waals surface area contributed by atoms with Crippen LogP contribution in [0.15, 0.2) is 0 Å². The third kappa shape index (κ3) is 12.2. The Balaban J connectivity index is 0. The van der Waals surface area contributed by atoms with E-state index in [0.717, 1.165) is 6.26 Å². The zero-order chi connectivity index (χ0) is 6.62. The van der Waals surface area contributed by atoms with Gasteiger partial charge in [0.25, 0.3) is 0 Å². The van der Waals surface area contributed by atoms with E-state index in [1.807, 2.05) is 0 Å². The van der Waals surface area contributed by atoms with Gasteiger partial charge in [-0.3, -0.25) is 0 Å². The molecule has 0 aromatic heterocycles. The summed E-state index contributed by atoms with van der Waals surface area (Å²) < 4.78 is 20.5. The maximum absolute atomic E-state index is 10.3. The first-order chi connectivity index (χ1) is 3.56. The smallest absolute Gasteiger partial charge is 0.854 e. The second kappa shape index (κ2) is 5.68. The Labute approximate surface area is 77.7 Å². The van der Waals surface area contributed by atoms with Gasteiger partial charge in [0.15, 0.2) is 0 Å². The van der Waals surface area contributed by atoms with Gasteiger partial charge in [-0.15, -0.1) is 6.61 Å². The fourth-order valence-corrected chi connectivity index (χ4v) is 0.963. The average molecular weight is 160 g/mol.